The highest BCUT2D eigenvalue weighted by Gasteiger charge is 2.41. The Morgan fingerprint density at radius 3 is 1.91 bits per heavy atom. The maximum atomic E-state index is 14.4. The Kier molecular flexibility index (Phi) is 7.35. The van der Waals surface area contributed by atoms with E-state index in [1.165, 1.54) is 18.7 Å². The van der Waals surface area contributed by atoms with Crippen molar-refractivity contribution in [3.05, 3.63) is 53.6 Å². The van der Waals surface area contributed by atoms with Crippen LogP contribution in [0.15, 0.2) is 36.4 Å². The summed E-state index contributed by atoms with van der Waals surface area (Å²) in [6, 6.07) is 10.8. The van der Waals surface area contributed by atoms with Crippen LogP contribution in [0.4, 0.5) is 17.6 Å². The molecule has 0 saturated heterocycles. The molecule has 180 valence electrons. The van der Waals surface area contributed by atoms with Crippen molar-refractivity contribution >= 4 is 0 Å². The molecule has 5 heteroatoms. The van der Waals surface area contributed by atoms with Gasteiger partial charge < -0.3 is 4.74 Å². The molecule has 0 spiro atoms. The lowest BCUT2D eigenvalue weighted by atomic mass is 9.67. The summed E-state index contributed by atoms with van der Waals surface area (Å²) in [4.78, 5) is 0. The lowest BCUT2D eigenvalue weighted by Crippen LogP contribution is -2.33. The Morgan fingerprint density at radius 2 is 1.36 bits per heavy atom. The van der Waals surface area contributed by atoms with E-state index >= 15 is 0 Å². The number of ether oxygens (including phenoxy) is 1. The number of methoxy groups -OCH3 is 1. The lowest BCUT2D eigenvalue weighted by molar-refractivity contribution is -0.0808. The number of alkyl halides is 2. The van der Waals surface area contributed by atoms with Crippen LogP contribution in [0.3, 0.4) is 0 Å². The Morgan fingerprint density at radius 1 is 0.788 bits per heavy atom. The molecular weight excluding hydrogens is 428 g/mol. The second-order valence-corrected chi connectivity index (χ2v) is 9.90. The molecule has 0 N–H and O–H groups in total. The van der Waals surface area contributed by atoms with E-state index in [0.717, 1.165) is 38.5 Å². The quantitative estimate of drug-likeness (QED) is 0.390. The third-order valence-corrected chi connectivity index (χ3v) is 8.24. The normalized spacial score (nSPS) is 26.2. The molecule has 0 aromatic heterocycles. The zero-order valence-corrected chi connectivity index (χ0v) is 19.6. The highest BCUT2D eigenvalue weighted by molar-refractivity contribution is 5.65. The second kappa shape index (κ2) is 10.1. The largest absolute Gasteiger partial charge is 0.494 e. The monoisotopic (exact) mass is 462 g/mol. The minimum atomic E-state index is -2.50. The van der Waals surface area contributed by atoms with Crippen molar-refractivity contribution < 1.29 is 22.3 Å². The summed E-state index contributed by atoms with van der Waals surface area (Å²) in [6.45, 7) is 1.59. The molecular formula is C28H34F4O. The molecule has 0 heterocycles. The van der Waals surface area contributed by atoms with Crippen LogP contribution in [0.25, 0.3) is 11.1 Å². The van der Waals surface area contributed by atoms with Crippen molar-refractivity contribution in [2.45, 2.75) is 76.6 Å². The van der Waals surface area contributed by atoms with Crippen LogP contribution in [0.2, 0.25) is 0 Å². The number of benzene rings is 2. The molecule has 1 nitrogen and oxygen atoms in total. The first-order chi connectivity index (χ1) is 15.8. The molecule has 4 rings (SSSR count). The van der Waals surface area contributed by atoms with E-state index in [1.54, 1.807) is 13.0 Å². The fourth-order valence-electron chi connectivity index (χ4n) is 6.07. The van der Waals surface area contributed by atoms with Crippen molar-refractivity contribution in [1.82, 2.24) is 0 Å². The molecule has 2 aromatic carbocycles. The highest BCUT2D eigenvalue weighted by Crippen LogP contribution is 2.47. The fraction of sp³-hybridized carbons (Fsp3) is 0.571. The Labute approximate surface area is 194 Å². The molecule has 0 amide bonds. The summed E-state index contributed by atoms with van der Waals surface area (Å²) in [6.07, 6.45) is 7.63. The third kappa shape index (κ3) is 5.07. The third-order valence-electron chi connectivity index (χ3n) is 8.24. The van der Waals surface area contributed by atoms with E-state index in [9.17, 15) is 17.6 Å². The van der Waals surface area contributed by atoms with Gasteiger partial charge in [0, 0.05) is 17.9 Å². The van der Waals surface area contributed by atoms with Crippen molar-refractivity contribution in [3.63, 3.8) is 0 Å². The SMILES string of the molecule is CCC(F)(F)C1CCC(C2CCC(c3ccc(-c4ccc(OC)c(F)c4F)cc3)CC2)CC1. The van der Waals surface area contributed by atoms with Crippen molar-refractivity contribution in [2.75, 3.05) is 7.11 Å². The zero-order valence-electron chi connectivity index (χ0n) is 19.6. The number of rotatable bonds is 6. The summed E-state index contributed by atoms with van der Waals surface area (Å²) in [5.74, 6) is -3.20. The van der Waals surface area contributed by atoms with Gasteiger partial charge in [0.05, 0.1) is 7.11 Å². The summed E-state index contributed by atoms with van der Waals surface area (Å²) in [5.41, 5.74) is 2.11. The molecule has 0 unspecified atom stereocenters. The van der Waals surface area contributed by atoms with Gasteiger partial charge >= 0.3 is 0 Å². The van der Waals surface area contributed by atoms with Crippen LogP contribution in [0.1, 0.15) is 76.2 Å². The lowest BCUT2D eigenvalue weighted by Gasteiger charge is -2.39. The molecule has 0 aliphatic heterocycles. The van der Waals surface area contributed by atoms with Gasteiger partial charge in [-0.3, -0.25) is 0 Å². The second-order valence-electron chi connectivity index (χ2n) is 9.90. The minimum Gasteiger partial charge on any atom is -0.494 e. The topological polar surface area (TPSA) is 9.23 Å². The van der Waals surface area contributed by atoms with Crippen LogP contribution in [0, 0.1) is 29.4 Å². The van der Waals surface area contributed by atoms with Gasteiger partial charge in [-0.15, -0.1) is 0 Å². The average molecular weight is 463 g/mol. The van der Waals surface area contributed by atoms with E-state index in [-0.39, 0.29) is 17.7 Å². The van der Waals surface area contributed by atoms with Gasteiger partial charge in [-0.2, -0.15) is 4.39 Å². The van der Waals surface area contributed by atoms with Crippen molar-refractivity contribution in [2.24, 2.45) is 17.8 Å². The molecule has 2 saturated carbocycles. The van der Waals surface area contributed by atoms with Gasteiger partial charge in [-0.1, -0.05) is 31.2 Å². The zero-order chi connectivity index (χ0) is 23.6. The standard InChI is InChI=1S/C28H34F4O/c1-3-28(31,32)23-14-12-21(13-15-23)19-6-4-18(5-7-19)20-8-10-22(11-9-20)24-16-17-25(33-2)27(30)26(24)29/h8-11,16-19,21,23H,3-7,12-15H2,1-2H3. The Balaban J connectivity index is 1.33. The molecule has 0 atom stereocenters. The van der Waals surface area contributed by atoms with Crippen LogP contribution < -0.4 is 4.74 Å². The predicted molar refractivity (Wildman–Crippen MR) is 124 cm³/mol. The first-order valence-electron chi connectivity index (χ1n) is 12.3. The minimum absolute atomic E-state index is 0.0493. The number of hydrogen-bond donors (Lipinski definition) is 0. The summed E-state index contributed by atoms with van der Waals surface area (Å²) < 4.78 is 61.4. The maximum absolute atomic E-state index is 14.4. The van der Waals surface area contributed by atoms with Gasteiger partial charge in [-0.05, 0) is 92.4 Å². The average Bonchev–Trinajstić information content (AvgIpc) is 2.86. The molecule has 2 aliphatic rings. The predicted octanol–water partition coefficient (Wildman–Crippen LogP) is 8.77. The van der Waals surface area contributed by atoms with Crippen molar-refractivity contribution in [1.29, 1.82) is 0 Å². The first kappa shape index (κ1) is 24.1. The van der Waals surface area contributed by atoms with Gasteiger partial charge in [0.25, 0.3) is 5.92 Å². The van der Waals surface area contributed by atoms with Gasteiger partial charge in [0.2, 0.25) is 5.82 Å². The first-order valence-corrected chi connectivity index (χ1v) is 12.3. The maximum Gasteiger partial charge on any atom is 0.250 e. The molecule has 0 radical (unpaired) electrons. The van der Waals surface area contributed by atoms with E-state index < -0.39 is 23.5 Å². The van der Waals surface area contributed by atoms with E-state index in [4.69, 9.17) is 4.74 Å². The molecule has 2 fully saturated rings. The van der Waals surface area contributed by atoms with E-state index in [0.29, 0.717) is 36.2 Å². The summed E-state index contributed by atoms with van der Waals surface area (Å²) in [7, 11) is 1.32. The Hall–Kier alpha value is -2.04. The van der Waals surface area contributed by atoms with Crippen LogP contribution in [0.5, 0.6) is 5.75 Å². The van der Waals surface area contributed by atoms with Gasteiger partial charge in [0.1, 0.15) is 0 Å². The van der Waals surface area contributed by atoms with E-state index in [1.807, 2.05) is 24.3 Å². The molecule has 2 aliphatic carbocycles. The molecule has 33 heavy (non-hydrogen) atoms. The van der Waals surface area contributed by atoms with Crippen molar-refractivity contribution in [3.8, 4) is 16.9 Å². The van der Waals surface area contributed by atoms with Crippen LogP contribution >= 0.6 is 0 Å². The van der Waals surface area contributed by atoms with Crippen LogP contribution in [-0.4, -0.2) is 13.0 Å². The molecule has 0 bridgehead atoms. The summed E-state index contributed by atoms with van der Waals surface area (Å²) >= 11 is 0. The van der Waals surface area contributed by atoms with Crippen LogP contribution in [-0.2, 0) is 0 Å². The Bertz CT molecular complexity index is 924. The fourth-order valence-corrected chi connectivity index (χ4v) is 6.07. The number of halogens is 4. The smallest absolute Gasteiger partial charge is 0.250 e. The summed E-state index contributed by atoms with van der Waals surface area (Å²) in [5, 5.41) is 0. The van der Waals surface area contributed by atoms with Gasteiger partial charge in [-0.25, -0.2) is 13.2 Å². The molecule has 2 aromatic rings. The number of hydrogen-bond acceptors (Lipinski definition) is 1. The van der Waals surface area contributed by atoms with Gasteiger partial charge in [0.15, 0.2) is 11.6 Å². The van der Waals surface area contributed by atoms with E-state index in [2.05, 4.69) is 0 Å². The highest BCUT2D eigenvalue weighted by atomic mass is 19.3.